The van der Waals surface area contributed by atoms with Crippen molar-refractivity contribution in [3.8, 4) is 0 Å². The predicted molar refractivity (Wildman–Crippen MR) is 65.8 cm³/mol. The summed E-state index contributed by atoms with van der Waals surface area (Å²) in [6.45, 7) is 7.34. The van der Waals surface area contributed by atoms with Gasteiger partial charge in [0.1, 0.15) is 5.54 Å². The second-order valence-electron chi connectivity index (χ2n) is 3.99. The van der Waals surface area contributed by atoms with Crippen molar-refractivity contribution in [1.29, 1.82) is 0 Å². The Morgan fingerprint density at radius 1 is 1.47 bits per heavy atom. The van der Waals surface area contributed by atoms with Crippen LogP contribution >= 0.6 is 0 Å². The third kappa shape index (κ3) is 4.56. The molecule has 1 amide bonds. The largest absolute Gasteiger partial charge is 0.372 e. The Morgan fingerprint density at radius 2 is 2.12 bits per heavy atom. The molecule has 0 aromatic carbocycles. The van der Waals surface area contributed by atoms with Crippen molar-refractivity contribution in [3.05, 3.63) is 12.7 Å². The molecule has 0 aliphatic rings. The maximum atomic E-state index is 11.8. The SMILES string of the molecule is C=CCC(CCCC)(NC(=O)CC)C(=O)ON. The van der Waals surface area contributed by atoms with Crippen LogP contribution in [0.1, 0.15) is 46.0 Å². The van der Waals surface area contributed by atoms with Gasteiger partial charge in [-0.1, -0.05) is 32.8 Å². The number of nitrogens with two attached hydrogens (primary N) is 1. The molecule has 0 aromatic rings. The highest BCUT2D eigenvalue weighted by Gasteiger charge is 2.39. The normalized spacial score (nSPS) is 13.6. The fourth-order valence-electron chi connectivity index (χ4n) is 1.65. The highest BCUT2D eigenvalue weighted by atomic mass is 16.7. The molecule has 1 unspecified atom stereocenters. The maximum absolute atomic E-state index is 11.8. The van der Waals surface area contributed by atoms with E-state index in [4.69, 9.17) is 5.90 Å². The van der Waals surface area contributed by atoms with Crippen LogP contribution in [-0.2, 0) is 14.4 Å². The summed E-state index contributed by atoms with van der Waals surface area (Å²) in [6, 6.07) is 0. The molecule has 98 valence electrons. The molecule has 0 saturated carbocycles. The molecule has 0 bridgehead atoms. The van der Waals surface area contributed by atoms with Crippen LogP contribution < -0.4 is 11.2 Å². The van der Waals surface area contributed by atoms with Gasteiger partial charge in [-0.15, -0.1) is 6.58 Å². The van der Waals surface area contributed by atoms with Gasteiger partial charge in [0, 0.05) is 6.42 Å². The zero-order valence-corrected chi connectivity index (χ0v) is 10.6. The summed E-state index contributed by atoms with van der Waals surface area (Å²) >= 11 is 0. The fourth-order valence-corrected chi connectivity index (χ4v) is 1.65. The van der Waals surface area contributed by atoms with Crippen molar-refractivity contribution in [2.24, 2.45) is 5.90 Å². The van der Waals surface area contributed by atoms with E-state index in [1.165, 1.54) is 0 Å². The lowest BCUT2D eigenvalue weighted by atomic mass is 9.88. The molecule has 1 atom stereocenters. The van der Waals surface area contributed by atoms with Gasteiger partial charge in [0.05, 0.1) is 0 Å². The Hall–Kier alpha value is -1.36. The monoisotopic (exact) mass is 242 g/mol. The van der Waals surface area contributed by atoms with Gasteiger partial charge in [-0.3, -0.25) is 4.79 Å². The van der Waals surface area contributed by atoms with E-state index in [2.05, 4.69) is 16.7 Å². The first-order valence-electron chi connectivity index (χ1n) is 5.89. The van der Waals surface area contributed by atoms with Crippen molar-refractivity contribution in [2.45, 2.75) is 51.5 Å². The van der Waals surface area contributed by atoms with E-state index in [0.717, 1.165) is 12.8 Å². The molecule has 0 aliphatic heterocycles. The summed E-state index contributed by atoms with van der Waals surface area (Å²) in [5.74, 6) is 4.12. The lowest BCUT2D eigenvalue weighted by Gasteiger charge is -2.30. The second-order valence-corrected chi connectivity index (χ2v) is 3.99. The van der Waals surface area contributed by atoms with Gasteiger partial charge in [0.25, 0.3) is 0 Å². The van der Waals surface area contributed by atoms with Crippen LogP contribution in [0.4, 0.5) is 0 Å². The van der Waals surface area contributed by atoms with Crippen molar-refractivity contribution in [3.63, 3.8) is 0 Å². The summed E-state index contributed by atoms with van der Waals surface area (Å²) in [4.78, 5) is 27.6. The summed E-state index contributed by atoms with van der Waals surface area (Å²) in [5.41, 5.74) is -1.07. The van der Waals surface area contributed by atoms with E-state index in [-0.39, 0.29) is 5.91 Å². The van der Waals surface area contributed by atoms with E-state index in [1.807, 2.05) is 6.92 Å². The van der Waals surface area contributed by atoms with Crippen LogP contribution in [0, 0.1) is 0 Å². The highest BCUT2D eigenvalue weighted by Crippen LogP contribution is 2.21. The van der Waals surface area contributed by atoms with Crippen molar-refractivity contribution in [2.75, 3.05) is 0 Å². The van der Waals surface area contributed by atoms with E-state index >= 15 is 0 Å². The van der Waals surface area contributed by atoms with Crippen LogP contribution in [0.3, 0.4) is 0 Å². The maximum Gasteiger partial charge on any atom is 0.350 e. The first kappa shape index (κ1) is 15.6. The smallest absolute Gasteiger partial charge is 0.350 e. The van der Waals surface area contributed by atoms with Gasteiger partial charge < -0.3 is 10.2 Å². The van der Waals surface area contributed by atoms with E-state index in [0.29, 0.717) is 19.3 Å². The number of carbonyl (C=O) groups is 2. The topological polar surface area (TPSA) is 81.4 Å². The Bertz CT molecular complexity index is 279. The molecule has 0 saturated heterocycles. The summed E-state index contributed by atoms with van der Waals surface area (Å²) in [5, 5.41) is 2.70. The van der Waals surface area contributed by atoms with Gasteiger partial charge in [-0.2, -0.15) is 5.90 Å². The van der Waals surface area contributed by atoms with Crippen molar-refractivity contribution in [1.82, 2.24) is 5.32 Å². The van der Waals surface area contributed by atoms with Gasteiger partial charge >= 0.3 is 5.97 Å². The predicted octanol–water partition coefficient (Wildman–Crippen LogP) is 1.43. The number of hydrogen-bond acceptors (Lipinski definition) is 4. The number of nitrogens with one attached hydrogen (secondary N) is 1. The summed E-state index contributed by atoms with van der Waals surface area (Å²) in [7, 11) is 0. The number of hydrogen-bond donors (Lipinski definition) is 2. The molecule has 3 N–H and O–H groups in total. The van der Waals surface area contributed by atoms with Crippen molar-refractivity contribution >= 4 is 11.9 Å². The minimum atomic E-state index is -1.07. The first-order valence-corrected chi connectivity index (χ1v) is 5.89. The molecule has 0 spiro atoms. The second kappa shape index (κ2) is 7.84. The van der Waals surface area contributed by atoms with Gasteiger partial charge in [-0.25, -0.2) is 4.79 Å². The molecule has 0 fully saturated rings. The average Bonchev–Trinajstić information content (AvgIpc) is 2.34. The molecule has 5 nitrogen and oxygen atoms in total. The van der Waals surface area contributed by atoms with Crippen LogP contribution in [0.2, 0.25) is 0 Å². The third-order valence-corrected chi connectivity index (χ3v) is 2.65. The number of unbranched alkanes of at least 4 members (excludes halogenated alkanes) is 1. The van der Waals surface area contributed by atoms with E-state index < -0.39 is 11.5 Å². The van der Waals surface area contributed by atoms with Gasteiger partial charge in [0.2, 0.25) is 5.91 Å². The lowest BCUT2D eigenvalue weighted by molar-refractivity contribution is -0.154. The molecule has 0 radical (unpaired) electrons. The Balaban J connectivity index is 4.99. The standard InChI is InChI=1S/C12H22N2O3/c1-4-7-9-12(8-5-2,11(16)17-13)14-10(15)6-3/h5H,2,4,6-9,13H2,1,3H3,(H,14,15). The zero-order chi connectivity index (χ0) is 13.3. The van der Waals surface area contributed by atoms with Gasteiger partial charge in [0.15, 0.2) is 0 Å². The minimum Gasteiger partial charge on any atom is -0.372 e. The van der Waals surface area contributed by atoms with Crippen LogP contribution in [0.25, 0.3) is 0 Å². The van der Waals surface area contributed by atoms with Crippen LogP contribution in [0.5, 0.6) is 0 Å². The fraction of sp³-hybridized carbons (Fsp3) is 0.667. The number of carbonyl (C=O) groups excluding carboxylic acids is 2. The summed E-state index contributed by atoms with van der Waals surface area (Å²) in [6.07, 6.45) is 4.42. The number of rotatable bonds is 8. The molecule has 5 heteroatoms. The molecule has 0 aromatic heterocycles. The molecule has 0 heterocycles. The van der Waals surface area contributed by atoms with Crippen LogP contribution in [0.15, 0.2) is 12.7 Å². The zero-order valence-electron chi connectivity index (χ0n) is 10.6. The average molecular weight is 242 g/mol. The third-order valence-electron chi connectivity index (χ3n) is 2.65. The molecule has 0 aliphatic carbocycles. The first-order chi connectivity index (χ1) is 8.06. The molecule has 0 rings (SSSR count). The number of amides is 1. The lowest BCUT2D eigenvalue weighted by Crippen LogP contribution is -2.55. The molecule has 17 heavy (non-hydrogen) atoms. The molecular formula is C12H22N2O3. The summed E-state index contributed by atoms with van der Waals surface area (Å²) < 4.78 is 0. The Kier molecular flexibility index (Phi) is 7.21. The Morgan fingerprint density at radius 3 is 2.53 bits per heavy atom. The quantitative estimate of drug-likeness (QED) is 0.498. The molecular weight excluding hydrogens is 220 g/mol. The van der Waals surface area contributed by atoms with Gasteiger partial charge in [-0.05, 0) is 12.8 Å². The van der Waals surface area contributed by atoms with Crippen molar-refractivity contribution < 1.29 is 14.4 Å². The van der Waals surface area contributed by atoms with Crippen LogP contribution in [-0.4, -0.2) is 17.4 Å². The van der Waals surface area contributed by atoms with E-state index in [9.17, 15) is 9.59 Å². The Labute approximate surface area is 102 Å². The highest BCUT2D eigenvalue weighted by molar-refractivity contribution is 5.88. The minimum absolute atomic E-state index is 0.201. The van der Waals surface area contributed by atoms with E-state index in [1.54, 1.807) is 13.0 Å².